The van der Waals surface area contributed by atoms with Crippen molar-refractivity contribution in [2.45, 2.75) is 6.54 Å². The molecule has 0 amide bonds. The number of hydrogen-bond donors (Lipinski definition) is 2. The van der Waals surface area contributed by atoms with E-state index in [4.69, 9.17) is 9.84 Å². The molecule has 1 aromatic rings. The van der Waals surface area contributed by atoms with E-state index in [2.05, 4.69) is 21.2 Å². The smallest absolute Gasteiger partial charge is 0.341 e. The summed E-state index contributed by atoms with van der Waals surface area (Å²) in [7, 11) is 1.82. The summed E-state index contributed by atoms with van der Waals surface area (Å²) in [5.41, 5.74) is 0.924. The fourth-order valence-corrected chi connectivity index (χ4v) is 1.57. The lowest BCUT2D eigenvalue weighted by molar-refractivity contribution is -0.139. The molecule has 15 heavy (non-hydrogen) atoms. The van der Waals surface area contributed by atoms with E-state index in [1.165, 1.54) is 0 Å². The standard InChI is InChI=1S/C10H12BrNO3/c1-12-5-7-4-8(11)2-3-9(7)15-6-10(13)14/h2-4,12H,5-6H2,1H3,(H,13,14). The van der Waals surface area contributed by atoms with Crippen LogP contribution in [0.3, 0.4) is 0 Å². The number of nitrogens with one attached hydrogen (secondary N) is 1. The van der Waals surface area contributed by atoms with Crippen LogP contribution in [0.2, 0.25) is 0 Å². The molecule has 0 unspecified atom stereocenters. The zero-order chi connectivity index (χ0) is 11.3. The van der Waals surface area contributed by atoms with E-state index >= 15 is 0 Å². The highest BCUT2D eigenvalue weighted by atomic mass is 79.9. The molecule has 0 radical (unpaired) electrons. The van der Waals surface area contributed by atoms with E-state index in [1.807, 2.05) is 19.2 Å². The molecule has 0 fully saturated rings. The quantitative estimate of drug-likeness (QED) is 0.856. The second-order valence-corrected chi connectivity index (χ2v) is 3.88. The summed E-state index contributed by atoms with van der Waals surface area (Å²) < 4.78 is 6.09. The van der Waals surface area contributed by atoms with Crippen molar-refractivity contribution in [2.75, 3.05) is 13.7 Å². The van der Waals surface area contributed by atoms with Gasteiger partial charge in [-0.2, -0.15) is 0 Å². The molecule has 0 spiro atoms. The third-order valence-corrected chi connectivity index (χ3v) is 2.23. The second-order valence-electron chi connectivity index (χ2n) is 2.96. The van der Waals surface area contributed by atoms with Gasteiger partial charge in [-0.1, -0.05) is 15.9 Å². The summed E-state index contributed by atoms with van der Waals surface area (Å²) in [4.78, 5) is 10.4. The van der Waals surface area contributed by atoms with Crippen LogP contribution >= 0.6 is 15.9 Å². The molecule has 2 N–H and O–H groups in total. The van der Waals surface area contributed by atoms with Gasteiger partial charge in [-0.25, -0.2) is 4.79 Å². The van der Waals surface area contributed by atoms with Crippen LogP contribution < -0.4 is 10.1 Å². The number of carboxylic acid groups (broad SMARTS) is 1. The molecule has 1 aromatic carbocycles. The summed E-state index contributed by atoms with van der Waals surface area (Å²) in [6.45, 7) is 0.312. The fourth-order valence-electron chi connectivity index (χ4n) is 1.16. The lowest BCUT2D eigenvalue weighted by atomic mass is 10.2. The zero-order valence-corrected chi connectivity index (χ0v) is 9.87. The first-order valence-corrected chi connectivity index (χ1v) is 5.20. The van der Waals surface area contributed by atoms with Crippen molar-refractivity contribution in [1.29, 1.82) is 0 Å². The van der Waals surface area contributed by atoms with Gasteiger partial charge in [0.1, 0.15) is 5.75 Å². The molecular formula is C10H12BrNO3. The Labute approximate surface area is 96.4 Å². The third-order valence-electron chi connectivity index (χ3n) is 1.74. The molecule has 0 atom stereocenters. The number of ether oxygens (including phenoxy) is 1. The molecule has 82 valence electrons. The van der Waals surface area contributed by atoms with Gasteiger partial charge in [-0.3, -0.25) is 0 Å². The van der Waals surface area contributed by atoms with Crippen LogP contribution in [0.5, 0.6) is 5.75 Å². The Bertz CT molecular complexity index is 355. The molecule has 4 nitrogen and oxygen atoms in total. The highest BCUT2D eigenvalue weighted by Crippen LogP contribution is 2.23. The van der Waals surface area contributed by atoms with E-state index in [0.717, 1.165) is 10.0 Å². The summed E-state index contributed by atoms with van der Waals surface area (Å²) in [6, 6.07) is 5.46. The highest BCUT2D eigenvalue weighted by Gasteiger charge is 2.05. The Morgan fingerprint density at radius 3 is 2.93 bits per heavy atom. The fraction of sp³-hybridized carbons (Fsp3) is 0.300. The lowest BCUT2D eigenvalue weighted by Gasteiger charge is -2.09. The summed E-state index contributed by atoms with van der Waals surface area (Å²) in [5, 5.41) is 11.5. The van der Waals surface area contributed by atoms with Crippen LogP contribution in [-0.2, 0) is 11.3 Å². The molecule has 0 saturated carbocycles. The second kappa shape index (κ2) is 5.72. The Balaban J connectivity index is 2.80. The van der Waals surface area contributed by atoms with Gasteiger partial charge >= 0.3 is 5.97 Å². The molecule has 1 rings (SSSR count). The number of rotatable bonds is 5. The van der Waals surface area contributed by atoms with E-state index < -0.39 is 5.97 Å². The van der Waals surface area contributed by atoms with Crippen LogP contribution in [0.4, 0.5) is 0 Å². The van der Waals surface area contributed by atoms with Crippen molar-refractivity contribution in [3.8, 4) is 5.75 Å². The van der Waals surface area contributed by atoms with Crippen molar-refractivity contribution in [3.63, 3.8) is 0 Å². The Hall–Kier alpha value is -1.07. The molecule has 0 saturated heterocycles. The summed E-state index contributed by atoms with van der Waals surface area (Å²) in [5.74, 6) is -0.386. The predicted molar refractivity (Wildman–Crippen MR) is 60.0 cm³/mol. The van der Waals surface area contributed by atoms with Crippen molar-refractivity contribution >= 4 is 21.9 Å². The molecule has 0 aliphatic heterocycles. The third kappa shape index (κ3) is 3.89. The minimum atomic E-state index is -0.978. The largest absolute Gasteiger partial charge is 0.482 e. The van der Waals surface area contributed by atoms with Crippen LogP contribution in [0.15, 0.2) is 22.7 Å². The minimum absolute atomic E-state index is 0.321. The first-order valence-electron chi connectivity index (χ1n) is 4.41. The van der Waals surface area contributed by atoms with E-state index in [1.54, 1.807) is 6.07 Å². The first kappa shape index (κ1) is 12.0. The van der Waals surface area contributed by atoms with Crippen molar-refractivity contribution in [3.05, 3.63) is 28.2 Å². The van der Waals surface area contributed by atoms with Gasteiger partial charge < -0.3 is 15.2 Å². The average Bonchev–Trinajstić information content (AvgIpc) is 2.17. The van der Waals surface area contributed by atoms with Crippen LogP contribution in [0, 0.1) is 0 Å². The number of aliphatic carboxylic acids is 1. The molecule has 0 aliphatic carbocycles. The van der Waals surface area contributed by atoms with Crippen molar-refractivity contribution < 1.29 is 14.6 Å². The van der Waals surface area contributed by atoms with Gasteiger partial charge in [-0.05, 0) is 25.2 Å². The van der Waals surface area contributed by atoms with Gasteiger partial charge in [0, 0.05) is 16.6 Å². The van der Waals surface area contributed by atoms with E-state index in [0.29, 0.717) is 12.3 Å². The summed E-state index contributed by atoms with van der Waals surface area (Å²) >= 11 is 3.35. The first-order chi connectivity index (χ1) is 7.13. The molecule has 5 heteroatoms. The molecule has 0 bridgehead atoms. The van der Waals surface area contributed by atoms with Crippen LogP contribution in [0.25, 0.3) is 0 Å². The zero-order valence-electron chi connectivity index (χ0n) is 8.29. The van der Waals surface area contributed by atoms with Crippen LogP contribution in [-0.4, -0.2) is 24.7 Å². The molecular weight excluding hydrogens is 262 g/mol. The van der Waals surface area contributed by atoms with Crippen molar-refractivity contribution in [2.24, 2.45) is 0 Å². The number of carbonyl (C=O) groups is 1. The van der Waals surface area contributed by atoms with Gasteiger partial charge in [-0.15, -0.1) is 0 Å². The Morgan fingerprint density at radius 2 is 2.33 bits per heavy atom. The number of benzene rings is 1. The number of halogens is 1. The Kier molecular flexibility index (Phi) is 4.58. The van der Waals surface area contributed by atoms with Crippen molar-refractivity contribution in [1.82, 2.24) is 5.32 Å². The van der Waals surface area contributed by atoms with Gasteiger partial charge in [0.05, 0.1) is 0 Å². The maximum absolute atomic E-state index is 10.4. The van der Waals surface area contributed by atoms with Gasteiger partial charge in [0.25, 0.3) is 0 Å². The van der Waals surface area contributed by atoms with Gasteiger partial charge in [0.2, 0.25) is 0 Å². The maximum Gasteiger partial charge on any atom is 0.341 e. The molecule has 0 aromatic heterocycles. The average molecular weight is 274 g/mol. The SMILES string of the molecule is CNCc1cc(Br)ccc1OCC(=O)O. The number of carboxylic acids is 1. The highest BCUT2D eigenvalue weighted by molar-refractivity contribution is 9.10. The topological polar surface area (TPSA) is 58.6 Å². The Morgan fingerprint density at radius 1 is 1.60 bits per heavy atom. The van der Waals surface area contributed by atoms with E-state index in [9.17, 15) is 4.79 Å². The maximum atomic E-state index is 10.4. The van der Waals surface area contributed by atoms with Gasteiger partial charge in [0.15, 0.2) is 6.61 Å². The number of hydrogen-bond acceptors (Lipinski definition) is 3. The van der Waals surface area contributed by atoms with Crippen LogP contribution in [0.1, 0.15) is 5.56 Å². The monoisotopic (exact) mass is 273 g/mol. The minimum Gasteiger partial charge on any atom is -0.482 e. The van der Waals surface area contributed by atoms with E-state index in [-0.39, 0.29) is 6.61 Å². The predicted octanol–water partition coefficient (Wildman–Crippen LogP) is 1.63. The normalized spacial score (nSPS) is 10.0. The summed E-state index contributed by atoms with van der Waals surface area (Å²) in [6.07, 6.45) is 0. The molecule has 0 aliphatic rings. The lowest BCUT2D eigenvalue weighted by Crippen LogP contribution is -2.12. The molecule has 0 heterocycles.